The summed E-state index contributed by atoms with van der Waals surface area (Å²) >= 11 is 0. The molecule has 6 nitrogen and oxygen atoms in total. The predicted molar refractivity (Wildman–Crippen MR) is 121 cm³/mol. The molecule has 0 aliphatic carbocycles. The second-order valence-corrected chi connectivity index (χ2v) is 7.29. The van der Waals surface area contributed by atoms with Crippen molar-refractivity contribution in [3.8, 4) is 6.07 Å². The molecule has 1 atom stereocenters. The summed E-state index contributed by atoms with van der Waals surface area (Å²) in [6.07, 6.45) is 9.38. The lowest BCUT2D eigenvalue weighted by atomic mass is 10.1. The standard InChI is InChI=1S/C25H23N5O/c1-29-17-15-27-25(29)24(19-8-3-2-4-9-19)28-23(31)13-12-20-18-30(16-7-14-26)22-11-6-5-10-21(20)22/h2-6,8-13,15,17-18,24H,7,16H2,1H3,(H,28,31)/b13-12+. The molecule has 0 radical (unpaired) electrons. The van der Waals surface area contributed by atoms with Crippen LogP contribution in [0.3, 0.4) is 0 Å². The first-order valence-electron chi connectivity index (χ1n) is 10.1. The zero-order valence-electron chi connectivity index (χ0n) is 17.3. The molecule has 31 heavy (non-hydrogen) atoms. The number of nitriles is 1. The molecule has 0 saturated carbocycles. The quantitative estimate of drug-likeness (QED) is 0.465. The van der Waals surface area contributed by atoms with Gasteiger partial charge in [-0.05, 0) is 17.7 Å². The lowest BCUT2D eigenvalue weighted by molar-refractivity contribution is -0.117. The number of aryl methyl sites for hydroxylation is 2. The van der Waals surface area contributed by atoms with Gasteiger partial charge in [0.15, 0.2) is 0 Å². The number of hydrogen-bond acceptors (Lipinski definition) is 3. The van der Waals surface area contributed by atoms with Crippen LogP contribution < -0.4 is 5.32 Å². The van der Waals surface area contributed by atoms with Crippen molar-refractivity contribution in [2.24, 2.45) is 7.05 Å². The summed E-state index contributed by atoms with van der Waals surface area (Å²) in [5, 5.41) is 13.0. The number of benzene rings is 2. The normalized spacial score (nSPS) is 12.1. The highest BCUT2D eigenvalue weighted by molar-refractivity contribution is 5.96. The molecule has 0 spiro atoms. The number of fused-ring (bicyclic) bond motifs is 1. The molecule has 1 unspecified atom stereocenters. The maximum Gasteiger partial charge on any atom is 0.244 e. The van der Waals surface area contributed by atoms with Crippen LogP contribution in [0, 0.1) is 11.3 Å². The van der Waals surface area contributed by atoms with Crippen LogP contribution in [0.5, 0.6) is 0 Å². The van der Waals surface area contributed by atoms with E-state index in [0.717, 1.165) is 27.9 Å². The maximum absolute atomic E-state index is 12.8. The fourth-order valence-corrected chi connectivity index (χ4v) is 3.72. The van der Waals surface area contributed by atoms with E-state index in [1.165, 1.54) is 0 Å². The number of para-hydroxylation sites is 1. The average Bonchev–Trinajstić information content (AvgIpc) is 3.38. The van der Waals surface area contributed by atoms with Gasteiger partial charge in [0.25, 0.3) is 0 Å². The minimum Gasteiger partial charge on any atom is -0.346 e. The molecule has 154 valence electrons. The van der Waals surface area contributed by atoms with E-state index < -0.39 is 0 Å². The van der Waals surface area contributed by atoms with Gasteiger partial charge in [0.1, 0.15) is 11.9 Å². The fourth-order valence-electron chi connectivity index (χ4n) is 3.72. The summed E-state index contributed by atoms with van der Waals surface area (Å²) in [6, 6.07) is 19.6. The third-order valence-corrected chi connectivity index (χ3v) is 5.23. The predicted octanol–water partition coefficient (Wildman–Crippen LogP) is 4.21. The Bertz CT molecular complexity index is 1260. The van der Waals surface area contributed by atoms with Gasteiger partial charge in [-0.25, -0.2) is 4.98 Å². The Hall–Kier alpha value is -4.11. The van der Waals surface area contributed by atoms with E-state index in [9.17, 15) is 4.79 Å². The number of amides is 1. The number of rotatable bonds is 7. The van der Waals surface area contributed by atoms with Crippen molar-refractivity contribution in [3.63, 3.8) is 0 Å². The van der Waals surface area contributed by atoms with E-state index in [4.69, 9.17) is 5.26 Å². The summed E-state index contributed by atoms with van der Waals surface area (Å²) in [5.41, 5.74) is 2.96. The van der Waals surface area contributed by atoms with E-state index >= 15 is 0 Å². The number of imidazole rings is 1. The Balaban J connectivity index is 1.59. The molecule has 6 heteroatoms. The van der Waals surface area contributed by atoms with Crippen LogP contribution >= 0.6 is 0 Å². The van der Waals surface area contributed by atoms with Crippen molar-refractivity contribution in [1.29, 1.82) is 5.26 Å². The van der Waals surface area contributed by atoms with Crippen molar-refractivity contribution in [2.75, 3.05) is 0 Å². The molecule has 0 bridgehead atoms. The van der Waals surface area contributed by atoms with Crippen molar-refractivity contribution in [2.45, 2.75) is 19.0 Å². The van der Waals surface area contributed by atoms with Crippen LogP contribution in [0.1, 0.15) is 29.4 Å². The van der Waals surface area contributed by atoms with E-state index in [-0.39, 0.29) is 11.9 Å². The second kappa shape index (κ2) is 9.14. The van der Waals surface area contributed by atoms with E-state index in [0.29, 0.717) is 13.0 Å². The molecule has 4 rings (SSSR count). The minimum absolute atomic E-state index is 0.203. The third kappa shape index (κ3) is 4.41. The van der Waals surface area contributed by atoms with Crippen LogP contribution in [0.4, 0.5) is 0 Å². The van der Waals surface area contributed by atoms with E-state index in [1.807, 2.05) is 84.7 Å². The molecule has 2 heterocycles. The van der Waals surface area contributed by atoms with Crippen molar-refractivity contribution in [3.05, 3.63) is 96.2 Å². The smallest absolute Gasteiger partial charge is 0.244 e. The first-order valence-corrected chi connectivity index (χ1v) is 10.1. The SMILES string of the molecule is Cn1ccnc1C(NC(=O)/C=C/c1cn(CCC#N)c2ccccc12)c1ccccc1. The van der Waals surface area contributed by atoms with Gasteiger partial charge in [-0.15, -0.1) is 0 Å². The third-order valence-electron chi connectivity index (χ3n) is 5.23. The first kappa shape index (κ1) is 20.2. The van der Waals surface area contributed by atoms with Gasteiger partial charge < -0.3 is 14.5 Å². The molecule has 2 aromatic carbocycles. The van der Waals surface area contributed by atoms with Crippen LogP contribution in [-0.2, 0) is 18.4 Å². The molecule has 1 N–H and O–H groups in total. The zero-order chi connectivity index (χ0) is 21.6. The molecule has 0 aliphatic heterocycles. The van der Waals surface area contributed by atoms with Crippen LogP contribution in [0.2, 0.25) is 0 Å². The number of hydrogen-bond donors (Lipinski definition) is 1. The second-order valence-electron chi connectivity index (χ2n) is 7.29. The number of nitrogens with zero attached hydrogens (tertiary/aromatic N) is 4. The van der Waals surface area contributed by atoms with Crippen molar-refractivity contribution < 1.29 is 4.79 Å². The van der Waals surface area contributed by atoms with Crippen molar-refractivity contribution in [1.82, 2.24) is 19.4 Å². The Morgan fingerprint density at radius 1 is 1.19 bits per heavy atom. The fraction of sp³-hybridized carbons (Fsp3) is 0.160. The Morgan fingerprint density at radius 2 is 1.97 bits per heavy atom. The monoisotopic (exact) mass is 409 g/mol. The Labute approximate surface area is 181 Å². The Morgan fingerprint density at radius 3 is 2.71 bits per heavy atom. The first-order chi connectivity index (χ1) is 15.2. The van der Waals surface area contributed by atoms with Gasteiger partial charge in [-0.2, -0.15) is 5.26 Å². The van der Waals surface area contributed by atoms with Gasteiger partial charge in [-0.1, -0.05) is 48.5 Å². The highest BCUT2D eigenvalue weighted by Crippen LogP contribution is 2.23. The highest BCUT2D eigenvalue weighted by atomic mass is 16.1. The molecule has 1 amide bonds. The number of carbonyl (C=O) groups excluding carboxylic acids is 1. The van der Waals surface area contributed by atoms with Gasteiger partial charge >= 0.3 is 0 Å². The lowest BCUT2D eigenvalue weighted by Gasteiger charge is -2.18. The topological polar surface area (TPSA) is 75.6 Å². The summed E-state index contributed by atoms with van der Waals surface area (Å²) in [5.74, 6) is 0.562. The average molecular weight is 409 g/mol. The summed E-state index contributed by atoms with van der Waals surface area (Å²) in [6.45, 7) is 0.617. The molecule has 0 aliphatic rings. The number of aromatic nitrogens is 3. The van der Waals surface area contributed by atoms with Gasteiger partial charge in [-0.3, -0.25) is 4.79 Å². The highest BCUT2D eigenvalue weighted by Gasteiger charge is 2.19. The van der Waals surface area contributed by atoms with E-state index in [1.54, 1.807) is 12.3 Å². The maximum atomic E-state index is 12.8. The minimum atomic E-state index is -0.352. The molecule has 2 aromatic heterocycles. The summed E-state index contributed by atoms with van der Waals surface area (Å²) in [7, 11) is 1.91. The van der Waals surface area contributed by atoms with Gasteiger partial charge in [0.2, 0.25) is 5.91 Å². The van der Waals surface area contributed by atoms with E-state index in [2.05, 4.69) is 20.9 Å². The number of nitrogens with one attached hydrogen (secondary N) is 1. The zero-order valence-corrected chi connectivity index (χ0v) is 17.3. The van der Waals surface area contributed by atoms with Gasteiger partial charge in [0, 0.05) is 54.7 Å². The summed E-state index contributed by atoms with van der Waals surface area (Å²) in [4.78, 5) is 17.3. The molecular formula is C25H23N5O. The van der Waals surface area contributed by atoms with Crippen molar-refractivity contribution >= 4 is 22.9 Å². The number of carbonyl (C=O) groups is 1. The van der Waals surface area contributed by atoms with Gasteiger partial charge in [0.05, 0.1) is 12.5 Å². The molecule has 4 aromatic rings. The molecule has 0 fully saturated rings. The largest absolute Gasteiger partial charge is 0.346 e. The Kier molecular flexibility index (Phi) is 5.95. The van der Waals surface area contributed by atoms with Crippen LogP contribution in [0.15, 0.2) is 79.3 Å². The molecule has 0 saturated heterocycles. The lowest BCUT2D eigenvalue weighted by Crippen LogP contribution is -2.29. The summed E-state index contributed by atoms with van der Waals surface area (Å²) < 4.78 is 3.96. The molecular weight excluding hydrogens is 386 g/mol. The van der Waals surface area contributed by atoms with Crippen LogP contribution in [-0.4, -0.2) is 20.0 Å². The van der Waals surface area contributed by atoms with Crippen LogP contribution in [0.25, 0.3) is 17.0 Å².